The van der Waals surface area contributed by atoms with E-state index in [1.165, 1.54) is 0 Å². The van der Waals surface area contributed by atoms with Crippen molar-refractivity contribution in [2.45, 2.75) is 51.3 Å². The number of nitrogens with zero attached hydrogens (tertiary/aromatic N) is 3. The second-order valence-corrected chi connectivity index (χ2v) is 7.58. The summed E-state index contributed by atoms with van der Waals surface area (Å²) < 4.78 is 8.09. The maximum Gasteiger partial charge on any atom is 0.224 e. The Morgan fingerprint density at radius 3 is 2.86 bits per heavy atom. The number of fused-ring (bicyclic) bond motifs is 1. The van der Waals surface area contributed by atoms with E-state index < -0.39 is 0 Å². The molecule has 2 heterocycles. The van der Waals surface area contributed by atoms with Crippen molar-refractivity contribution in [1.29, 1.82) is 0 Å². The van der Waals surface area contributed by atoms with Crippen LogP contribution in [0.2, 0.25) is 0 Å². The van der Waals surface area contributed by atoms with E-state index >= 15 is 0 Å². The van der Waals surface area contributed by atoms with Gasteiger partial charge in [-0.1, -0.05) is 19.1 Å². The van der Waals surface area contributed by atoms with E-state index in [-0.39, 0.29) is 24.0 Å². The molecular weight excluding hydrogens is 352 g/mol. The number of nitrogens with one attached hydrogen (secondary N) is 1. The predicted octanol–water partition coefficient (Wildman–Crippen LogP) is 3.57. The number of pyridine rings is 1. The molecule has 4 rings (SSSR count). The van der Waals surface area contributed by atoms with Gasteiger partial charge in [0.05, 0.1) is 18.6 Å². The second kappa shape index (κ2) is 8.42. The summed E-state index contributed by atoms with van der Waals surface area (Å²) in [5, 5.41) is 9.56. The number of carbonyl (C=O) groups excluding carboxylic acids is 1. The van der Waals surface area contributed by atoms with Gasteiger partial charge in [0.1, 0.15) is 5.75 Å². The Kier molecular flexibility index (Phi) is 5.55. The van der Waals surface area contributed by atoms with Crippen LogP contribution < -0.4 is 10.1 Å². The minimum absolute atomic E-state index is 0.0985. The molecule has 1 aliphatic carbocycles. The highest BCUT2D eigenvalue weighted by Gasteiger charge is 2.25. The monoisotopic (exact) mass is 378 g/mol. The number of hydrogen-bond donors (Lipinski definition) is 1. The van der Waals surface area contributed by atoms with Gasteiger partial charge in [0.2, 0.25) is 5.91 Å². The van der Waals surface area contributed by atoms with E-state index in [1.54, 1.807) is 17.1 Å². The van der Waals surface area contributed by atoms with E-state index in [1.807, 2.05) is 49.6 Å². The Balaban J connectivity index is 1.28. The fourth-order valence-electron chi connectivity index (χ4n) is 3.82. The van der Waals surface area contributed by atoms with Crippen molar-refractivity contribution >= 4 is 16.7 Å². The standard InChI is InChI=1S/C22H26N4O2/c1-16(15-26-13-3-11-24-26)22(27)25-18-6-8-19(9-7-18)28-21-5-2-4-17-14-23-12-10-20(17)21/h2-5,10-14,16,18-19H,6-9,15H2,1H3,(H,25,27). The topological polar surface area (TPSA) is 69.0 Å². The molecule has 3 aromatic rings. The van der Waals surface area contributed by atoms with Crippen LogP contribution in [0.4, 0.5) is 0 Å². The van der Waals surface area contributed by atoms with Crippen molar-refractivity contribution < 1.29 is 9.53 Å². The van der Waals surface area contributed by atoms with Crippen LogP contribution in [-0.2, 0) is 11.3 Å². The molecule has 1 fully saturated rings. The highest BCUT2D eigenvalue weighted by atomic mass is 16.5. The first-order valence-electron chi connectivity index (χ1n) is 9.96. The third kappa shape index (κ3) is 4.32. The van der Waals surface area contributed by atoms with E-state index in [0.29, 0.717) is 6.54 Å². The molecule has 0 spiro atoms. The minimum atomic E-state index is -0.0989. The van der Waals surface area contributed by atoms with Crippen LogP contribution in [0, 0.1) is 5.92 Å². The summed E-state index contributed by atoms with van der Waals surface area (Å²) in [6, 6.07) is 10.2. The van der Waals surface area contributed by atoms with E-state index in [2.05, 4.69) is 15.4 Å². The molecular formula is C22H26N4O2. The van der Waals surface area contributed by atoms with Crippen LogP contribution in [0.3, 0.4) is 0 Å². The van der Waals surface area contributed by atoms with Crippen molar-refractivity contribution in [3.8, 4) is 5.75 Å². The number of hydrogen-bond acceptors (Lipinski definition) is 4. The lowest BCUT2D eigenvalue weighted by molar-refractivity contribution is -0.126. The number of aromatic nitrogens is 3. The maximum atomic E-state index is 12.5. The lowest BCUT2D eigenvalue weighted by Crippen LogP contribution is -2.42. The third-order valence-electron chi connectivity index (χ3n) is 5.42. The first-order valence-corrected chi connectivity index (χ1v) is 9.96. The molecule has 1 aromatic carbocycles. The van der Waals surface area contributed by atoms with Gasteiger partial charge < -0.3 is 10.1 Å². The molecule has 0 aliphatic heterocycles. The summed E-state index contributed by atoms with van der Waals surface area (Å²) in [4.78, 5) is 16.6. The van der Waals surface area contributed by atoms with Gasteiger partial charge in [-0.15, -0.1) is 0 Å². The Hall–Kier alpha value is -2.89. The average molecular weight is 378 g/mol. The molecule has 28 heavy (non-hydrogen) atoms. The van der Waals surface area contributed by atoms with E-state index in [0.717, 1.165) is 42.2 Å². The van der Waals surface area contributed by atoms with Crippen LogP contribution in [0.25, 0.3) is 10.8 Å². The Morgan fingerprint density at radius 2 is 2.07 bits per heavy atom. The van der Waals surface area contributed by atoms with Crippen molar-refractivity contribution in [2.75, 3.05) is 0 Å². The molecule has 0 radical (unpaired) electrons. The minimum Gasteiger partial charge on any atom is -0.490 e. The number of rotatable bonds is 6. The van der Waals surface area contributed by atoms with Crippen LogP contribution >= 0.6 is 0 Å². The van der Waals surface area contributed by atoms with Gasteiger partial charge >= 0.3 is 0 Å². The van der Waals surface area contributed by atoms with Gasteiger partial charge in [0.25, 0.3) is 0 Å². The molecule has 1 N–H and O–H groups in total. The van der Waals surface area contributed by atoms with Crippen LogP contribution in [0.15, 0.2) is 55.1 Å². The quantitative estimate of drug-likeness (QED) is 0.712. The molecule has 0 bridgehead atoms. The zero-order chi connectivity index (χ0) is 19.3. The van der Waals surface area contributed by atoms with E-state index in [4.69, 9.17) is 4.74 Å². The number of carbonyl (C=O) groups is 1. The molecule has 146 valence electrons. The van der Waals surface area contributed by atoms with Gasteiger partial charge in [-0.2, -0.15) is 5.10 Å². The number of ether oxygens (including phenoxy) is 1. The van der Waals surface area contributed by atoms with Gasteiger partial charge in [0.15, 0.2) is 0 Å². The zero-order valence-corrected chi connectivity index (χ0v) is 16.1. The summed E-state index contributed by atoms with van der Waals surface area (Å²) in [6.45, 7) is 2.55. The van der Waals surface area contributed by atoms with Gasteiger partial charge in [-0.3, -0.25) is 14.5 Å². The van der Waals surface area contributed by atoms with Crippen molar-refractivity contribution in [2.24, 2.45) is 5.92 Å². The van der Waals surface area contributed by atoms with Crippen molar-refractivity contribution in [3.05, 3.63) is 55.1 Å². The summed E-state index contributed by atoms with van der Waals surface area (Å²) in [5.41, 5.74) is 0. The molecule has 1 saturated carbocycles. The van der Waals surface area contributed by atoms with Gasteiger partial charge in [-0.25, -0.2) is 0 Å². The summed E-state index contributed by atoms with van der Waals surface area (Å²) in [5.74, 6) is 0.916. The molecule has 1 aliphatic rings. The predicted molar refractivity (Wildman–Crippen MR) is 108 cm³/mol. The maximum absolute atomic E-state index is 12.5. The Morgan fingerprint density at radius 1 is 1.21 bits per heavy atom. The molecule has 0 saturated heterocycles. The molecule has 6 nitrogen and oxygen atoms in total. The van der Waals surface area contributed by atoms with Crippen LogP contribution in [0.1, 0.15) is 32.6 Å². The van der Waals surface area contributed by atoms with Crippen LogP contribution in [0.5, 0.6) is 5.75 Å². The van der Waals surface area contributed by atoms with Crippen LogP contribution in [-0.4, -0.2) is 32.8 Å². The number of amides is 1. The highest BCUT2D eigenvalue weighted by Crippen LogP contribution is 2.29. The largest absolute Gasteiger partial charge is 0.490 e. The first kappa shape index (κ1) is 18.5. The van der Waals surface area contributed by atoms with Crippen molar-refractivity contribution in [1.82, 2.24) is 20.1 Å². The molecule has 1 amide bonds. The zero-order valence-electron chi connectivity index (χ0n) is 16.1. The van der Waals surface area contributed by atoms with Gasteiger partial charge in [0, 0.05) is 41.6 Å². The lowest BCUT2D eigenvalue weighted by Gasteiger charge is -2.30. The highest BCUT2D eigenvalue weighted by molar-refractivity contribution is 5.87. The third-order valence-corrected chi connectivity index (χ3v) is 5.42. The van der Waals surface area contributed by atoms with Crippen molar-refractivity contribution in [3.63, 3.8) is 0 Å². The van der Waals surface area contributed by atoms with E-state index in [9.17, 15) is 4.79 Å². The smallest absolute Gasteiger partial charge is 0.224 e. The average Bonchev–Trinajstić information content (AvgIpc) is 3.23. The molecule has 2 aromatic heterocycles. The SMILES string of the molecule is CC(Cn1cccn1)C(=O)NC1CCC(Oc2cccc3cnccc23)CC1. The Labute approximate surface area is 164 Å². The molecule has 1 unspecified atom stereocenters. The molecule has 6 heteroatoms. The summed E-state index contributed by atoms with van der Waals surface area (Å²) in [7, 11) is 0. The van der Waals surface area contributed by atoms with Gasteiger partial charge in [-0.05, 0) is 43.9 Å². The first-order chi connectivity index (χ1) is 13.7. The lowest BCUT2D eigenvalue weighted by atomic mass is 9.92. The fourth-order valence-corrected chi connectivity index (χ4v) is 3.82. The normalized spacial score (nSPS) is 20.6. The molecule has 1 atom stereocenters. The Bertz CT molecular complexity index is 912. The summed E-state index contributed by atoms with van der Waals surface area (Å²) >= 11 is 0. The second-order valence-electron chi connectivity index (χ2n) is 7.58. The fraction of sp³-hybridized carbons (Fsp3) is 0.409. The number of benzene rings is 1. The summed E-state index contributed by atoms with van der Waals surface area (Å²) in [6.07, 6.45) is 11.2.